The zero-order valence-electron chi connectivity index (χ0n) is 13.7. The van der Waals surface area contributed by atoms with Crippen LogP contribution in [0.4, 0.5) is 0 Å². The Hall–Kier alpha value is -2.69. The van der Waals surface area contributed by atoms with Crippen LogP contribution in [0.5, 0.6) is 0 Å². The number of benzene rings is 1. The van der Waals surface area contributed by atoms with Crippen molar-refractivity contribution in [2.24, 2.45) is 11.7 Å². The largest absolute Gasteiger partial charge is 0.366 e. The van der Waals surface area contributed by atoms with Crippen molar-refractivity contribution in [2.45, 2.75) is 19.8 Å². The number of nitrogens with two attached hydrogens (primary N) is 1. The molecule has 1 aliphatic heterocycles. The average molecular weight is 323 g/mol. The topological polar surface area (TPSA) is 76.3 Å². The second kappa shape index (κ2) is 6.83. The molecule has 124 valence electrons. The van der Waals surface area contributed by atoms with Gasteiger partial charge in [-0.1, -0.05) is 18.2 Å². The molecular formula is C19H21N3O2. The van der Waals surface area contributed by atoms with E-state index >= 15 is 0 Å². The molecule has 0 bridgehead atoms. The van der Waals surface area contributed by atoms with E-state index in [1.807, 2.05) is 42.2 Å². The molecule has 1 saturated heterocycles. The molecule has 1 unspecified atom stereocenters. The monoisotopic (exact) mass is 323 g/mol. The third-order valence-corrected chi connectivity index (χ3v) is 4.42. The second-order valence-electron chi connectivity index (χ2n) is 6.34. The van der Waals surface area contributed by atoms with Crippen molar-refractivity contribution in [3.63, 3.8) is 0 Å². The van der Waals surface area contributed by atoms with Gasteiger partial charge in [-0.2, -0.15) is 0 Å². The minimum absolute atomic E-state index is 0.00733. The zero-order valence-corrected chi connectivity index (χ0v) is 13.7. The predicted molar refractivity (Wildman–Crippen MR) is 91.6 cm³/mol. The SMILES string of the molecule is Cc1cccc(C(=O)N2CCC(Cc3cccc(C(N)=O)c3)C2)n1. The molecule has 2 amide bonds. The molecule has 1 aliphatic rings. The third kappa shape index (κ3) is 3.62. The maximum Gasteiger partial charge on any atom is 0.272 e. The highest BCUT2D eigenvalue weighted by molar-refractivity contribution is 5.93. The van der Waals surface area contributed by atoms with E-state index < -0.39 is 5.91 Å². The van der Waals surface area contributed by atoms with Crippen molar-refractivity contribution >= 4 is 11.8 Å². The Kier molecular flexibility index (Phi) is 4.60. The van der Waals surface area contributed by atoms with Gasteiger partial charge in [0.25, 0.3) is 5.91 Å². The van der Waals surface area contributed by atoms with Crippen LogP contribution in [0.2, 0.25) is 0 Å². The van der Waals surface area contributed by atoms with Crippen LogP contribution in [0.3, 0.4) is 0 Å². The average Bonchev–Trinajstić information content (AvgIpc) is 3.03. The highest BCUT2D eigenvalue weighted by atomic mass is 16.2. The maximum absolute atomic E-state index is 12.5. The van der Waals surface area contributed by atoms with Crippen molar-refractivity contribution < 1.29 is 9.59 Å². The van der Waals surface area contributed by atoms with E-state index in [1.54, 1.807) is 12.1 Å². The second-order valence-corrected chi connectivity index (χ2v) is 6.34. The molecule has 24 heavy (non-hydrogen) atoms. The number of carbonyl (C=O) groups excluding carboxylic acids is 2. The summed E-state index contributed by atoms with van der Waals surface area (Å²) >= 11 is 0. The Morgan fingerprint density at radius 3 is 2.79 bits per heavy atom. The van der Waals surface area contributed by atoms with Crippen molar-refractivity contribution in [1.29, 1.82) is 0 Å². The number of hydrogen-bond donors (Lipinski definition) is 1. The summed E-state index contributed by atoms with van der Waals surface area (Å²) in [5.41, 5.74) is 8.30. The van der Waals surface area contributed by atoms with Gasteiger partial charge in [-0.15, -0.1) is 0 Å². The fourth-order valence-electron chi connectivity index (χ4n) is 3.19. The lowest BCUT2D eigenvalue weighted by atomic mass is 9.97. The molecule has 2 N–H and O–H groups in total. The lowest BCUT2D eigenvalue weighted by molar-refractivity contribution is 0.0781. The molecule has 1 fully saturated rings. The lowest BCUT2D eigenvalue weighted by Gasteiger charge is -2.16. The molecule has 0 aliphatic carbocycles. The summed E-state index contributed by atoms with van der Waals surface area (Å²) in [6.07, 6.45) is 1.80. The van der Waals surface area contributed by atoms with Gasteiger partial charge in [0.1, 0.15) is 5.69 Å². The predicted octanol–water partition coefficient (Wildman–Crippen LogP) is 2.19. The minimum atomic E-state index is -0.411. The van der Waals surface area contributed by atoms with Crippen LogP contribution in [0, 0.1) is 12.8 Å². The number of pyridine rings is 1. The van der Waals surface area contributed by atoms with Crippen LogP contribution < -0.4 is 5.73 Å². The Bertz CT molecular complexity index is 773. The summed E-state index contributed by atoms with van der Waals surface area (Å²) in [6.45, 7) is 3.35. The van der Waals surface area contributed by atoms with E-state index in [9.17, 15) is 9.59 Å². The number of likely N-dealkylation sites (tertiary alicyclic amines) is 1. The van der Waals surface area contributed by atoms with Crippen molar-refractivity contribution in [2.75, 3.05) is 13.1 Å². The summed E-state index contributed by atoms with van der Waals surface area (Å²) < 4.78 is 0. The fraction of sp³-hybridized carbons (Fsp3) is 0.316. The molecule has 3 rings (SSSR count). The smallest absolute Gasteiger partial charge is 0.272 e. The Labute approximate surface area is 141 Å². The summed E-state index contributed by atoms with van der Waals surface area (Å²) in [7, 11) is 0. The zero-order chi connectivity index (χ0) is 17.1. The van der Waals surface area contributed by atoms with E-state index in [2.05, 4.69) is 4.98 Å². The molecular weight excluding hydrogens is 302 g/mol. The fourth-order valence-corrected chi connectivity index (χ4v) is 3.19. The summed E-state index contributed by atoms with van der Waals surface area (Å²) in [6, 6.07) is 12.9. The molecule has 1 atom stereocenters. The Balaban J connectivity index is 1.64. The summed E-state index contributed by atoms with van der Waals surface area (Å²) in [5.74, 6) is -0.0282. The van der Waals surface area contributed by atoms with E-state index in [0.29, 0.717) is 17.2 Å². The first-order valence-corrected chi connectivity index (χ1v) is 8.14. The molecule has 0 saturated carbocycles. The first-order chi connectivity index (χ1) is 11.5. The van der Waals surface area contributed by atoms with E-state index in [0.717, 1.165) is 37.2 Å². The number of amides is 2. The molecule has 0 radical (unpaired) electrons. The van der Waals surface area contributed by atoms with Crippen LogP contribution >= 0.6 is 0 Å². The number of nitrogens with zero attached hydrogens (tertiary/aromatic N) is 2. The third-order valence-electron chi connectivity index (χ3n) is 4.42. The normalized spacial score (nSPS) is 17.0. The number of aryl methyl sites for hydroxylation is 1. The van der Waals surface area contributed by atoms with Gasteiger partial charge in [-0.05, 0) is 55.5 Å². The highest BCUT2D eigenvalue weighted by Gasteiger charge is 2.27. The summed E-state index contributed by atoms with van der Waals surface area (Å²) in [4.78, 5) is 30.0. The van der Waals surface area contributed by atoms with Gasteiger partial charge in [0.15, 0.2) is 0 Å². The maximum atomic E-state index is 12.5. The standard InChI is InChI=1S/C19H21N3O2/c1-13-4-2-7-17(21-13)19(24)22-9-8-15(12-22)10-14-5-3-6-16(11-14)18(20)23/h2-7,11,15H,8-10,12H2,1H3,(H2,20,23). The molecule has 5 nitrogen and oxygen atoms in total. The van der Waals surface area contributed by atoms with Crippen LogP contribution in [0.25, 0.3) is 0 Å². The Morgan fingerprint density at radius 1 is 1.25 bits per heavy atom. The molecule has 2 aromatic rings. The van der Waals surface area contributed by atoms with Gasteiger partial charge in [0.05, 0.1) is 0 Å². The molecule has 5 heteroatoms. The number of primary amides is 1. The highest BCUT2D eigenvalue weighted by Crippen LogP contribution is 2.22. The van der Waals surface area contributed by atoms with Gasteiger partial charge < -0.3 is 10.6 Å². The van der Waals surface area contributed by atoms with Crippen LogP contribution in [-0.2, 0) is 6.42 Å². The molecule has 0 spiro atoms. The number of carbonyl (C=O) groups is 2. The van der Waals surface area contributed by atoms with Crippen molar-refractivity contribution in [3.05, 3.63) is 65.0 Å². The van der Waals surface area contributed by atoms with Gasteiger partial charge >= 0.3 is 0 Å². The van der Waals surface area contributed by atoms with Gasteiger partial charge in [-0.25, -0.2) is 4.98 Å². The van der Waals surface area contributed by atoms with Crippen LogP contribution in [0.1, 0.15) is 38.5 Å². The minimum Gasteiger partial charge on any atom is -0.366 e. The number of hydrogen-bond acceptors (Lipinski definition) is 3. The van der Waals surface area contributed by atoms with Crippen molar-refractivity contribution in [1.82, 2.24) is 9.88 Å². The molecule has 2 heterocycles. The summed E-state index contributed by atoms with van der Waals surface area (Å²) in [5, 5.41) is 0. The lowest BCUT2D eigenvalue weighted by Crippen LogP contribution is -2.29. The van der Waals surface area contributed by atoms with Crippen LogP contribution in [0.15, 0.2) is 42.5 Å². The van der Waals surface area contributed by atoms with E-state index in [-0.39, 0.29) is 5.91 Å². The van der Waals surface area contributed by atoms with Gasteiger partial charge in [-0.3, -0.25) is 9.59 Å². The molecule has 1 aromatic heterocycles. The van der Waals surface area contributed by atoms with Crippen LogP contribution in [-0.4, -0.2) is 34.8 Å². The van der Waals surface area contributed by atoms with Gasteiger partial charge in [0, 0.05) is 24.3 Å². The molecule has 1 aromatic carbocycles. The van der Waals surface area contributed by atoms with E-state index in [1.165, 1.54) is 0 Å². The Morgan fingerprint density at radius 2 is 2.04 bits per heavy atom. The van der Waals surface area contributed by atoms with E-state index in [4.69, 9.17) is 5.73 Å². The first-order valence-electron chi connectivity index (χ1n) is 8.14. The number of aromatic nitrogens is 1. The first kappa shape index (κ1) is 16.2. The van der Waals surface area contributed by atoms with Gasteiger partial charge in [0.2, 0.25) is 5.91 Å². The quantitative estimate of drug-likeness (QED) is 0.937. The van der Waals surface area contributed by atoms with Crippen molar-refractivity contribution in [3.8, 4) is 0 Å². The number of rotatable bonds is 4.